The lowest BCUT2D eigenvalue weighted by Gasteiger charge is -2.31. The Kier molecular flexibility index (Phi) is 5.73. The summed E-state index contributed by atoms with van der Waals surface area (Å²) in [4.78, 5) is 10.5. The van der Waals surface area contributed by atoms with E-state index in [0.717, 1.165) is 33.5 Å². The molecule has 0 bridgehead atoms. The number of para-hydroxylation sites is 1. The SMILES string of the molecule is c1ccc(-c2nc(-c3ccc4c(c3)C3(c5ccccc5-4)c4ccccc4-c4cc5c6ccccc6c6ccccc6c5cc43)nc3ccccc23)cc1. The van der Waals surface area contributed by atoms with Gasteiger partial charge in [-0.3, -0.25) is 0 Å². The van der Waals surface area contributed by atoms with Gasteiger partial charge < -0.3 is 0 Å². The van der Waals surface area contributed by atoms with Crippen molar-refractivity contribution in [2.24, 2.45) is 0 Å². The third-order valence-corrected chi connectivity index (χ3v) is 11.9. The summed E-state index contributed by atoms with van der Waals surface area (Å²) in [6.07, 6.45) is 0. The lowest BCUT2D eigenvalue weighted by atomic mass is 9.70. The largest absolute Gasteiger partial charge is 0.228 e. The zero-order valence-electron chi connectivity index (χ0n) is 28.7. The van der Waals surface area contributed by atoms with Crippen molar-refractivity contribution in [3.63, 3.8) is 0 Å². The highest BCUT2D eigenvalue weighted by Gasteiger charge is 2.52. The van der Waals surface area contributed by atoms with Gasteiger partial charge in [-0.05, 0) is 101 Å². The highest BCUT2D eigenvalue weighted by atomic mass is 14.9. The first-order valence-corrected chi connectivity index (χ1v) is 18.3. The first kappa shape index (κ1) is 28.8. The smallest absolute Gasteiger partial charge is 0.160 e. The molecule has 244 valence electrons. The molecule has 1 spiro atoms. The van der Waals surface area contributed by atoms with Crippen LogP contribution in [-0.4, -0.2) is 9.97 Å². The van der Waals surface area contributed by atoms with Crippen LogP contribution in [0, 0.1) is 0 Å². The zero-order valence-corrected chi connectivity index (χ0v) is 28.7. The molecule has 10 aromatic rings. The second-order valence-corrected chi connectivity index (χ2v) is 14.4. The topological polar surface area (TPSA) is 25.8 Å². The summed E-state index contributed by atoms with van der Waals surface area (Å²) in [6, 6.07) is 66.6. The summed E-state index contributed by atoms with van der Waals surface area (Å²) in [5.74, 6) is 0.735. The van der Waals surface area contributed by atoms with E-state index >= 15 is 0 Å². The quantitative estimate of drug-likeness (QED) is 0.171. The molecule has 0 amide bonds. The molecule has 0 saturated heterocycles. The Labute approximate surface area is 306 Å². The number of aromatic nitrogens is 2. The number of benzene rings is 9. The molecule has 1 aromatic heterocycles. The van der Waals surface area contributed by atoms with Crippen LogP contribution in [0.1, 0.15) is 22.3 Å². The van der Waals surface area contributed by atoms with E-state index in [0.29, 0.717) is 0 Å². The molecule has 1 heterocycles. The zero-order chi connectivity index (χ0) is 34.7. The highest BCUT2D eigenvalue weighted by Crippen LogP contribution is 2.64. The molecule has 1 atom stereocenters. The van der Waals surface area contributed by atoms with Crippen LogP contribution in [0.4, 0.5) is 0 Å². The average molecular weight is 671 g/mol. The maximum Gasteiger partial charge on any atom is 0.160 e. The molecule has 12 rings (SSSR count). The molecule has 2 aliphatic carbocycles. The van der Waals surface area contributed by atoms with Crippen LogP contribution in [0.3, 0.4) is 0 Å². The van der Waals surface area contributed by atoms with Crippen LogP contribution in [0.25, 0.3) is 88.1 Å². The van der Waals surface area contributed by atoms with E-state index in [9.17, 15) is 0 Å². The summed E-state index contributed by atoms with van der Waals surface area (Å²) >= 11 is 0. The predicted octanol–water partition coefficient (Wildman–Crippen LogP) is 12.8. The van der Waals surface area contributed by atoms with Crippen molar-refractivity contribution in [1.29, 1.82) is 0 Å². The molecule has 2 aliphatic rings. The van der Waals surface area contributed by atoms with Crippen molar-refractivity contribution in [2.45, 2.75) is 5.41 Å². The number of nitrogens with zero attached hydrogens (tertiary/aromatic N) is 2. The van der Waals surface area contributed by atoms with Gasteiger partial charge in [-0.1, -0.05) is 158 Å². The molecular weight excluding hydrogens is 641 g/mol. The van der Waals surface area contributed by atoms with Gasteiger partial charge in [0.15, 0.2) is 5.82 Å². The molecule has 0 saturated carbocycles. The Bertz CT molecular complexity index is 3180. The minimum absolute atomic E-state index is 0.506. The van der Waals surface area contributed by atoms with Crippen LogP contribution >= 0.6 is 0 Å². The van der Waals surface area contributed by atoms with Crippen molar-refractivity contribution >= 4 is 43.2 Å². The van der Waals surface area contributed by atoms with Gasteiger partial charge in [0.05, 0.1) is 16.6 Å². The average Bonchev–Trinajstić information content (AvgIpc) is 3.69. The number of hydrogen-bond donors (Lipinski definition) is 0. The molecule has 0 N–H and O–H groups in total. The van der Waals surface area contributed by atoms with Crippen molar-refractivity contribution < 1.29 is 0 Å². The summed E-state index contributed by atoms with van der Waals surface area (Å²) in [5.41, 5.74) is 13.9. The molecule has 0 aliphatic heterocycles. The van der Waals surface area contributed by atoms with Gasteiger partial charge in [0.2, 0.25) is 0 Å². The number of rotatable bonds is 2. The van der Waals surface area contributed by atoms with Crippen LogP contribution in [-0.2, 0) is 5.41 Å². The van der Waals surface area contributed by atoms with E-state index in [-0.39, 0.29) is 0 Å². The van der Waals surface area contributed by atoms with E-state index in [1.165, 1.54) is 76.8 Å². The van der Waals surface area contributed by atoms with Gasteiger partial charge in [0.25, 0.3) is 0 Å². The van der Waals surface area contributed by atoms with E-state index in [1.807, 2.05) is 0 Å². The molecular formula is C51H30N2. The van der Waals surface area contributed by atoms with E-state index < -0.39 is 5.41 Å². The Morgan fingerprint density at radius 3 is 1.51 bits per heavy atom. The van der Waals surface area contributed by atoms with Gasteiger partial charge in [0, 0.05) is 16.5 Å². The Hall–Kier alpha value is -6.90. The van der Waals surface area contributed by atoms with Crippen LogP contribution in [0.2, 0.25) is 0 Å². The second-order valence-electron chi connectivity index (χ2n) is 14.4. The molecule has 1 unspecified atom stereocenters. The first-order valence-electron chi connectivity index (χ1n) is 18.3. The minimum atomic E-state index is -0.506. The second kappa shape index (κ2) is 10.6. The van der Waals surface area contributed by atoms with Gasteiger partial charge >= 0.3 is 0 Å². The van der Waals surface area contributed by atoms with Gasteiger partial charge in [-0.15, -0.1) is 0 Å². The predicted molar refractivity (Wildman–Crippen MR) is 219 cm³/mol. The molecule has 0 radical (unpaired) electrons. The minimum Gasteiger partial charge on any atom is -0.228 e. The fraction of sp³-hybridized carbons (Fsp3) is 0.0196. The van der Waals surface area contributed by atoms with Crippen molar-refractivity contribution in [3.05, 3.63) is 204 Å². The van der Waals surface area contributed by atoms with E-state index in [4.69, 9.17) is 9.97 Å². The van der Waals surface area contributed by atoms with Gasteiger partial charge in [0.1, 0.15) is 0 Å². The molecule has 2 heteroatoms. The normalized spacial score (nSPS) is 15.2. The monoisotopic (exact) mass is 670 g/mol. The fourth-order valence-corrected chi connectivity index (χ4v) is 9.69. The molecule has 53 heavy (non-hydrogen) atoms. The van der Waals surface area contributed by atoms with Crippen LogP contribution < -0.4 is 0 Å². The summed E-state index contributed by atoms with van der Waals surface area (Å²) in [5, 5.41) is 8.80. The van der Waals surface area contributed by atoms with E-state index in [1.54, 1.807) is 0 Å². The van der Waals surface area contributed by atoms with Crippen molar-refractivity contribution in [2.75, 3.05) is 0 Å². The maximum absolute atomic E-state index is 5.31. The number of fused-ring (bicyclic) bond motifs is 17. The van der Waals surface area contributed by atoms with E-state index in [2.05, 4.69) is 182 Å². The Morgan fingerprint density at radius 2 is 0.811 bits per heavy atom. The van der Waals surface area contributed by atoms with Crippen LogP contribution in [0.15, 0.2) is 182 Å². The summed E-state index contributed by atoms with van der Waals surface area (Å²) in [7, 11) is 0. The third-order valence-electron chi connectivity index (χ3n) is 11.9. The first-order chi connectivity index (χ1) is 26.3. The van der Waals surface area contributed by atoms with Crippen LogP contribution in [0.5, 0.6) is 0 Å². The maximum atomic E-state index is 5.31. The van der Waals surface area contributed by atoms with Crippen molar-refractivity contribution in [1.82, 2.24) is 9.97 Å². The summed E-state index contributed by atoms with van der Waals surface area (Å²) in [6.45, 7) is 0. The Balaban J connectivity index is 1.19. The summed E-state index contributed by atoms with van der Waals surface area (Å²) < 4.78 is 0. The van der Waals surface area contributed by atoms with Gasteiger partial charge in [-0.2, -0.15) is 0 Å². The molecule has 9 aromatic carbocycles. The molecule has 2 nitrogen and oxygen atoms in total. The third kappa shape index (κ3) is 3.77. The standard InChI is InChI=1S/C51H30N2/c1-2-14-31(15-3-1)49-40-22-10-13-25-48(40)52-50(53-49)32-26-27-39-37-20-8-11-23-44(37)51(46(39)28-32)45-24-12-9-21-38(45)43-29-41-35-18-6-4-16-33(35)34-17-5-7-19-36(34)42(41)30-47(43)51/h1-30H. The highest BCUT2D eigenvalue weighted by molar-refractivity contribution is 6.26. The lowest BCUT2D eigenvalue weighted by molar-refractivity contribution is 0.795. The fourth-order valence-electron chi connectivity index (χ4n) is 9.69. The number of hydrogen-bond acceptors (Lipinski definition) is 2. The Morgan fingerprint density at radius 1 is 0.302 bits per heavy atom. The molecule has 0 fully saturated rings. The lowest BCUT2D eigenvalue weighted by Crippen LogP contribution is -2.26. The van der Waals surface area contributed by atoms with Gasteiger partial charge in [-0.25, -0.2) is 9.97 Å². The van der Waals surface area contributed by atoms with Crippen molar-refractivity contribution in [3.8, 4) is 44.9 Å².